The third kappa shape index (κ3) is 1.51. The number of carboxylic acids is 1. The molecule has 0 aromatic carbocycles. The molecule has 0 bridgehead atoms. The average molecular weight is 121 g/mol. The third-order valence-electron chi connectivity index (χ3n) is 0.818. The molecule has 0 aromatic rings. The van der Waals surface area contributed by atoms with Crippen LogP contribution in [0.4, 0.5) is 0 Å². The van der Waals surface area contributed by atoms with Crippen molar-refractivity contribution < 1.29 is 39.5 Å². The first-order valence-corrected chi connectivity index (χ1v) is 1.94. The monoisotopic (exact) mass is 121 g/mol. The Labute approximate surface area is 69.1 Å². The van der Waals surface area contributed by atoms with E-state index in [1.165, 1.54) is 6.08 Å². The number of carbonyl (C=O) groups is 1. The third-order valence-corrected chi connectivity index (χ3v) is 0.818. The molecule has 4 heteroatoms. The van der Waals surface area contributed by atoms with Crippen LogP contribution in [0.15, 0.2) is 12.3 Å². The van der Waals surface area contributed by atoms with Crippen molar-refractivity contribution in [3.05, 3.63) is 12.3 Å². The minimum atomic E-state index is -1.07. The summed E-state index contributed by atoms with van der Waals surface area (Å²) in [6, 6.07) is -0.542. The van der Waals surface area contributed by atoms with Crippen molar-refractivity contribution in [2.24, 2.45) is 0 Å². The van der Waals surface area contributed by atoms with Gasteiger partial charge in [-0.2, -0.15) is 0 Å². The molecular weight excluding hydrogens is 117 g/mol. The fourth-order valence-electron chi connectivity index (χ4n) is 0.339. The van der Waals surface area contributed by atoms with Crippen LogP contribution in [0.3, 0.4) is 0 Å². The van der Waals surface area contributed by atoms with Crippen molar-refractivity contribution in [3.63, 3.8) is 0 Å². The molecule has 0 saturated carbocycles. The first-order valence-electron chi connectivity index (χ1n) is 1.94. The van der Waals surface area contributed by atoms with E-state index in [1.54, 1.807) is 6.20 Å². The van der Waals surface area contributed by atoms with Crippen molar-refractivity contribution in [1.82, 2.24) is 5.32 Å². The molecule has 8 heavy (non-hydrogen) atoms. The molecule has 38 valence electrons. The summed E-state index contributed by atoms with van der Waals surface area (Å²) >= 11 is 0. The fraction of sp³-hybridized carbons (Fsp3) is 0.250. The normalized spacial score (nSPS) is 22.2. The van der Waals surface area contributed by atoms with Gasteiger partial charge in [-0.3, -0.25) is 0 Å². The van der Waals surface area contributed by atoms with Gasteiger partial charge in [0.15, 0.2) is 0 Å². The van der Waals surface area contributed by atoms with Gasteiger partial charge in [0.1, 0.15) is 0 Å². The largest absolute Gasteiger partial charge is 1.00 e. The van der Waals surface area contributed by atoms with Crippen molar-refractivity contribution in [2.45, 2.75) is 6.04 Å². The van der Waals surface area contributed by atoms with Gasteiger partial charge in [0.25, 0.3) is 0 Å². The van der Waals surface area contributed by atoms with Crippen molar-refractivity contribution in [3.8, 4) is 0 Å². The molecule has 1 aliphatic rings. The van der Waals surface area contributed by atoms with Crippen LogP contribution >= 0.6 is 0 Å². The second-order valence-electron chi connectivity index (χ2n) is 1.32. The van der Waals surface area contributed by atoms with Crippen LogP contribution in [0, 0.1) is 0 Å². The molecule has 0 amide bonds. The van der Waals surface area contributed by atoms with Gasteiger partial charge in [0.2, 0.25) is 0 Å². The quantitative estimate of drug-likeness (QED) is 0.354. The smallest absolute Gasteiger partial charge is 0.548 e. The molecule has 0 aliphatic carbocycles. The van der Waals surface area contributed by atoms with Crippen molar-refractivity contribution >= 4 is 5.97 Å². The molecule has 1 atom stereocenters. The van der Waals surface area contributed by atoms with E-state index in [-0.39, 0.29) is 29.6 Å². The molecule has 1 heterocycles. The molecule has 3 nitrogen and oxygen atoms in total. The number of carboxylic acid groups (broad SMARTS) is 1. The SMILES string of the molecule is O=C([O-])C1C=CN1.[Na+]. The van der Waals surface area contributed by atoms with E-state index >= 15 is 0 Å². The Morgan fingerprint density at radius 1 is 1.75 bits per heavy atom. The van der Waals surface area contributed by atoms with Crippen LogP contribution < -0.4 is 40.0 Å². The van der Waals surface area contributed by atoms with Crippen molar-refractivity contribution in [1.29, 1.82) is 0 Å². The maximum atomic E-state index is 9.76. The van der Waals surface area contributed by atoms with E-state index in [1.807, 2.05) is 0 Å². The van der Waals surface area contributed by atoms with E-state index in [0.717, 1.165) is 0 Å². The standard InChI is InChI=1S/C4H5NO2.Na/c6-4(7)3-1-2-5-3;/h1-3,5H,(H,6,7);/q;+1/p-1. The second kappa shape index (κ2) is 3.12. The second-order valence-corrected chi connectivity index (χ2v) is 1.32. The van der Waals surface area contributed by atoms with E-state index in [2.05, 4.69) is 5.32 Å². The van der Waals surface area contributed by atoms with Gasteiger partial charge in [0, 0.05) is 0 Å². The zero-order valence-electron chi connectivity index (χ0n) is 4.55. The molecule has 0 spiro atoms. The number of carbonyl (C=O) groups excluding carboxylic acids is 1. The summed E-state index contributed by atoms with van der Waals surface area (Å²) in [6.45, 7) is 0. The van der Waals surface area contributed by atoms with Gasteiger partial charge >= 0.3 is 29.6 Å². The van der Waals surface area contributed by atoms with Crippen LogP contribution in [0.25, 0.3) is 0 Å². The predicted molar refractivity (Wildman–Crippen MR) is 21.1 cm³/mol. The molecule has 0 saturated heterocycles. The summed E-state index contributed by atoms with van der Waals surface area (Å²) in [6.07, 6.45) is 3.09. The maximum absolute atomic E-state index is 9.76. The Morgan fingerprint density at radius 2 is 2.25 bits per heavy atom. The van der Waals surface area contributed by atoms with E-state index < -0.39 is 12.0 Å². The Kier molecular flexibility index (Phi) is 3.12. The van der Waals surface area contributed by atoms with Gasteiger partial charge in [-0.05, 0) is 12.3 Å². The average Bonchev–Trinajstić information content (AvgIpc) is 1.23. The Balaban J connectivity index is 0.000000490. The molecule has 0 fully saturated rings. The maximum Gasteiger partial charge on any atom is 1.00 e. The zero-order chi connectivity index (χ0) is 5.28. The van der Waals surface area contributed by atoms with Crippen molar-refractivity contribution in [2.75, 3.05) is 0 Å². The number of aliphatic carboxylic acids is 1. The Bertz CT molecular complexity index is 123. The van der Waals surface area contributed by atoms with Gasteiger partial charge in [-0.25, -0.2) is 0 Å². The molecular formula is C4H4NNaO2. The van der Waals surface area contributed by atoms with Crippen LogP contribution in [-0.4, -0.2) is 12.0 Å². The molecule has 1 N–H and O–H groups in total. The molecule has 0 radical (unpaired) electrons. The number of hydrogen-bond donors (Lipinski definition) is 1. The van der Waals surface area contributed by atoms with Crippen LogP contribution in [0.1, 0.15) is 0 Å². The number of rotatable bonds is 1. The van der Waals surface area contributed by atoms with Crippen LogP contribution in [0.2, 0.25) is 0 Å². The fourth-order valence-corrected chi connectivity index (χ4v) is 0.339. The molecule has 1 unspecified atom stereocenters. The minimum Gasteiger partial charge on any atom is -0.548 e. The molecule has 0 aromatic heterocycles. The first kappa shape index (κ1) is 8.01. The zero-order valence-corrected chi connectivity index (χ0v) is 6.55. The van der Waals surface area contributed by atoms with Gasteiger partial charge < -0.3 is 15.2 Å². The Morgan fingerprint density at radius 3 is 2.25 bits per heavy atom. The van der Waals surface area contributed by atoms with Crippen LogP contribution in [-0.2, 0) is 4.79 Å². The summed E-state index contributed by atoms with van der Waals surface area (Å²) in [5.41, 5.74) is 0. The van der Waals surface area contributed by atoms with Gasteiger partial charge in [-0.15, -0.1) is 0 Å². The summed E-state index contributed by atoms with van der Waals surface area (Å²) in [5, 5.41) is 12.3. The Hall–Kier alpha value is 0.0100. The van der Waals surface area contributed by atoms with Gasteiger partial charge in [0.05, 0.1) is 12.0 Å². The summed E-state index contributed by atoms with van der Waals surface area (Å²) in [4.78, 5) is 9.76. The topological polar surface area (TPSA) is 52.2 Å². The predicted octanol–water partition coefficient (Wildman–Crippen LogP) is -4.77. The minimum absolute atomic E-state index is 0. The number of nitrogens with one attached hydrogen (secondary N) is 1. The summed E-state index contributed by atoms with van der Waals surface area (Å²) in [7, 11) is 0. The first-order chi connectivity index (χ1) is 3.30. The molecule has 1 rings (SSSR count). The summed E-state index contributed by atoms with van der Waals surface area (Å²) in [5.74, 6) is -1.07. The van der Waals surface area contributed by atoms with E-state index in [4.69, 9.17) is 0 Å². The van der Waals surface area contributed by atoms with Crippen LogP contribution in [0.5, 0.6) is 0 Å². The molecule has 1 aliphatic heterocycles. The summed E-state index contributed by atoms with van der Waals surface area (Å²) < 4.78 is 0. The van der Waals surface area contributed by atoms with E-state index in [9.17, 15) is 9.90 Å². The number of hydrogen-bond acceptors (Lipinski definition) is 3. The van der Waals surface area contributed by atoms with E-state index in [0.29, 0.717) is 0 Å². The van der Waals surface area contributed by atoms with Gasteiger partial charge in [-0.1, -0.05) is 0 Å².